The van der Waals surface area contributed by atoms with Crippen molar-refractivity contribution in [2.45, 2.75) is 0 Å². The maximum atomic E-state index is 12.8. The zero-order valence-electron chi connectivity index (χ0n) is 16.3. The number of piperazine rings is 1. The summed E-state index contributed by atoms with van der Waals surface area (Å²) < 4.78 is 0.994. The highest BCUT2D eigenvalue weighted by molar-refractivity contribution is 9.10. The first-order chi connectivity index (χ1) is 14.6. The van der Waals surface area contributed by atoms with Gasteiger partial charge >= 0.3 is 0 Å². The largest absolute Gasteiger partial charge is 0.335 e. The number of aromatic nitrogens is 2. The second-order valence-electron chi connectivity index (χ2n) is 7.16. The number of aromatic amines is 1. The van der Waals surface area contributed by atoms with Gasteiger partial charge < -0.3 is 10.2 Å². The minimum absolute atomic E-state index is 0.0475. The predicted molar refractivity (Wildman–Crippen MR) is 119 cm³/mol. The van der Waals surface area contributed by atoms with E-state index in [0.717, 1.165) is 21.4 Å². The monoisotopic (exact) mass is 467 g/mol. The number of para-hydroxylation sites is 1. The summed E-state index contributed by atoms with van der Waals surface area (Å²) in [6.07, 6.45) is 0. The number of anilines is 1. The minimum atomic E-state index is -0.0701. The van der Waals surface area contributed by atoms with Gasteiger partial charge in [-0.1, -0.05) is 46.3 Å². The molecule has 2 heterocycles. The van der Waals surface area contributed by atoms with E-state index >= 15 is 0 Å². The Morgan fingerprint density at radius 1 is 1.00 bits per heavy atom. The second-order valence-corrected chi connectivity index (χ2v) is 8.07. The van der Waals surface area contributed by atoms with Crippen molar-refractivity contribution >= 4 is 33.4 Å². The average molecular weight is 468 g/mol. The van der Waals surface area contributed by atoms with Gasteiger partial charge in [0.1, 0.15) is 5.69 Å². The number of amides is 2. The molecule has 154 valence electrons. The van der Waals surface area contributed by atoms with Crippen LogP contribution in [-0.4, -0.2) is 64.5 Å². The van der Waals surface area contributed by atoms with Gasteiger partial charge in [-0.15, -0.1) is 0 Å². The number of H-pyrrole nitrogens is 1. The number of nitrogens with one attached hydrogen (secondary N) is 2. The molecular weight excluding hydrogens is 446 g/mol. The lowest BCUT2D eigenvalue weighted by Gasteiger charge is -2.34. The first-order valence-electron chi connectivity index (χ1n) is 9.76. The van der Waals surface area contributed by atoms with Crippen LogP contribution in [0.25, 0.3) is 11.3 Å². The highest BCUT2D eigenvalue weighted by atomic mass is 79.9. The van der Waals surface area contributed by atoms with E-state index in [9.17, 15) is 9.59 Å². The summed E-state index contributed by atoms with van der Waals surface area (Å²) in [5.41, 5.74) is 2.95. The first kappa shape index (κ1) is 20.3. The Balaban J connectivity index is 1.29. The third-order valence-electron chi connectivity index (χ3n) is 5.03. The van der Waals surface area contributed by atoms with Gasteiger partial charge in [0.25, 0.3) is 5.91 Å². The molecule has 3 aromatic rings. The molecule has 30 heavy (non-hydrogen) atoms. The van der Waals surface area contributed by atoms with Crippen molar-refractivity contribution in [2.24, 2.45) is 0 Å². The lowest BCUT2D eigenvalue weighted by atomic mass is 10.1. The van der Waals surface area contributed by atoms with Gasteiger partial charge in [-0.2, -0.15) is 5.10 Å². The van der Waals surface area contributed by atoms with Gasteiger partial charge in [-0.05, 0) is 30.3 Å². The fourth-order valence-electron chi connectivity index (χ4n) is 3.40. The van der Waals surface area contributed by atoms with Gasteiger partial charge in [0.2, 0.25) is 5.91 Å². The van der Waals surface area contributed by atoms with Gasteiger partial charge in [-0.3, -0.25) is 19.6 Å². The Morgan fingerprint density at radius 3 is 2.40 bits per heavy atom. The molecule has 7 nitrogen and oxygen atoms in total. The van der Waals surface area contributed by atoms with E-state index in [-0.39, 0.29) is 11.8 Å². The Kier molecular flexibility index (Phi) is 6.25. The maximum absolute atomic E-state index is 12.8. The molecule has 0 spiro atoms. The highest BCUT2D eigenvalue weighted by Gasteiger charge is 2.24. The topological polar surface area (TPSA) is 81.3 Å². The molecule has 0 unspecified atom stereocenters. The maximum Gasteiger partial charge on any atom is 0.271 e. The molecule has 1 saturated heterocycles. The van der Waals surface area contributed by atoms with Gasteiger partial charge in [0, 0.05) is 41.9 Å². The fourth-order valence-corrected chi connectivity index (χ4v) is 3.67. The van der Waals surface area contributed by atoms with Crippen LogP contribution in [0.2, 0.25) is 0 Å². The van der Waals surface area contributed by atoms with E-state index in [1.54, 1.807) is 11.0 Å². The Labute approximate surface area is 183 Å². The highest BCUT2D eigenvalue weighted by Crippen LogP contribution is 2.21. The van der Waals surface area contributed by atoms with Crippen molar-refractivity contribution < 1.29 is 9.59 Å². The lowest BCUT2D eigenvalue weighted by Crippen LogP contribution is -2.50. The Bertz CT molecular complexity index is 1010. The van der Waals surface area contributed by atoms with E-state index in [0.29, 0.717) is 38.4 Å². The summed E-state index contributed by atoms with van der Waals surface area (Å²) in [6, 6.07) is 19.0. The normalized spacial score (nSPS) is 14.5. The molecule has 0 atom stereocenters. The molecule has 2 N–H and O–H groups in total. The van der Waals surface area contributed by atoms with E-state index in [4.69, 9.17) is 0 Å². The number of rotatable bonds is 5. The van der Waals surface area contributed by atoms with Crippen molar-refractivity contribution in [3.63, 3.8) is 0 Å². The van der Waals surface area contributed by atoms with Crippen molar-refractivity contribution in [3.8, 4) is 11.3 Å². The Hall–Kier alpha value is -2.97. The quantitative estimate of drug-likeness (QED) is 0.603. The van der Waals surface area contributed by atoms with E-state index in [2.05, 4.69) is 36.3 Å². The van der Waals surface area contributed by atoms with Gasteiger partial charge in [-0.25, -0.2) is 0 Å². The molecule has 4 rings (SSSR count). The standard InChI is InChI=1S/C22H22BrN5O2/c23-17-8-6-16(7-9-17)19-14-20(26-25-19)22(30)28-12-10-27(11-13-28)15-21(29)24-18-4-2-1-3-5-18/h1-9,14H,10-13,15H2,(H,24,29)(H,25,26). The van der Waals surface area contributed by atoms with Crippen molar-refractivity contribution in [1.82, 2.24) is 20.0 Å². The van der Waals surface area contributed by atoms with E-state index in [1.165, 1.54) is 0 Å². The number of carbonyl (C=O) groups is 2. The molecule has 1 fully saturated rings. The van der Waals surface area contributed by atoms with E-state index in [1.807, 2.05) is 54.6 Å². The molecular formula is C22H22BrN5O2. The number of benzene rings is 2. The summed E-state index contributed by atoms with van der Waals surface area (Å²) in [7, 11) is 0. The third kappa shape index (κ3) is 4.95. The third-order valence-corrected chi connectivity index (χ3v) is 5.56. The molecule has 0 aliphatic carbocycles. The van der Waals surface area contributed by atoms with Crippen LogP contribution in [0.1, 0.15) is 10.5 Å². The predicted octanol–water partition coefficient (Wildman–Crippen LogP) is 3.24. The number of carbonyl (C=O) groups excluding carboxylic acids is 2. The number of hydrogen-bond acceptors (Lipinski definition) is 4. The summed E-state index contributed by atoms with van der Waals surface area (Å²) in [5.74, 6) is -0.118. The summed E-state index contributed by atoms with van der Waals surface area (Å²) in [4.78, 5) is 28.9. The van der Waals surface area contributed by atoms with Gasteiger partial charge in [0.15, 0.2) is 0 Å². The van der Waals surface area contributed by atoms with Crippen molar-refractivity contribution in [2.75, 3.05) is 38.0 Å². The number of hydrogen-bond donors (Lipinski definition) is 2. The fraction of sp³-hybridized carbons (Fsp3) is 0.227. The van der Waals surface area contributed by atoms with Crippen LogP contribution < -0.4 is 5.32 Å². The molecule has 1 aliphatic heterocycles. The minimum Gasteiger partial charge on any atom is -0.335 e. The zero-order chi connectivity index (χ0) is 20.9. The van der Waals surface area contributed by atoms with Crippen molar-refractivity contribution in [3.05, 3.63) is 70.8 Å². The first-order valence-corrected chi connectivity index (χ1v) is 10.6. The number of nitrogens with zero attached hydrogens (tertiary/aromatic N) is 3. The molecule has 1 aromatic heterocycles. The summed E-state index contributed by atoms with van der Waals surface area (Å²) in [6.45, 7) is 2.77. The molecule has 8 heteroatoms. The molecule has 1 aliphatic rings. The zero-order valence-corrected chi connectivity index (χ0v) is 17.9. The molecule has 2 aromatic carbocycles. The van der Waals surface area contributed by atoms with Gasteiger partial charge in [0.05, 0.1) is 12.2 Å². The van der Waals surface area contributed by atoms with Crippen LogP contribution in [0.5, 0.6) is 0 Å². The molecule has 0 radical (unpaired) electrons. The van der Waals surface area contributed by atoms with Crippen LogP contribution in [0.4, 0.5) is 5.69 Å². The van der Waals surface area contributed by atoms with Crippen LogP contribution in [-0.2, 0) is 4.79 Å². The number of halogens is 1. The second kappa shape index (κ2) is 9.23. The lowest BCUT2D eigenvalue weighted by molar-refractivity contribution is -0.117. The van der Waals surface area contributed by atoms with Crippen LogP contribution in [0.15, 0.2) is 65.1 Å². The SMILES string of the molecule is O=C(CN1CCN(C(=O)c2cc(-c3ccc(Br)cc3)n[nH]2)CC1)Nc1ccccc1. The molecule has 0 saturated carbocycles. The van der Waals surface area contributed by atoms with Crippen LogP contribution in [0.3, 0.4) is 0 Å². The van der Waals surface area contributed by atoms with Crippen LogP contribution >= 0.6 is 15.9 Å². The van der Waals surface area contributed by atoms with Crippen molar-refractivity contribution in [1.29, 1.82) is 0 Å². The smallest absolute Gasteiger partial charge is 0.271 e. The molecule has 2 amide bonds. The van der Waals surface area contributed by atoms with Crippen LogP contribution in [0, 0.1) is 0 Å². The Morgan fingerprint density at radius 2 is 1.70 bits per heavy atom. The summed E-state index contributed by atoms with van der Waals surface area (Å²) in [5, 5.41) is 10.0. The molecule has 0 bridgehead atoms. The van der Waals surface area contributed by atoms with E-state index < -0.39 is 0 Å². The summed E-state index contributed by atoms with van der Waals surface area (Å²) >= 11 is 3.42. The average Bonchev–Trinajstić information content (AvgIpc) is 3.25.